The standard InChI is InChI=1S/C32H26FN3O3/c1-19-4-5-22(26(37)18-32(12-13-32)31-35-14-3-15-36-31)17-24(19)21-8-11-27-25(16-21)28(30(38)34-2)29(39-27)20-6-9-23(33)10-7-20/h3-11,14-17H,12-13,18H2,1-2H3,(H,34,38). The summed E-state index contributed by atoms with van der Waals surface area (Å²) in [5.41, 5.74) is 4.64. The molecule has 0 unspecified atom stereocenters. The van der Waals surface area contributed by atoms with Gasteiger partial charge in [-0.15, -0.1) is 0 Å². The number of hydrogen-bond acceptors (Lipinski definition) is 5. The number of Topliss-reactive ketones (excluding diaryl/α,β-unsaturated/α-hetero) is 1. The topological polar surface area (TPSA) is 85.1 Å². The van der Waals surface area contributed by atoms with E-state index in [1.807, 2.05) is 43.3 Å². The molecule has 0 aliphatic heterocycles. The second-order valence-electron chi connectivity index (χ2n) is 10.1. The second-order valence-corrected chi connectivity index (χ2v) is 10.1. The molecular weight excluding hydrogens is 493 g/mol. The fourth-order valence-electron chi connectivity index (χ4n) is 5.14. The van der Waals surface area contributed by atoms with Crippen molar-refractivity contribution in [3.8, 4) is 22.5 Å². The Kier molecular flexibility index (Phi) is 6.06. The number of ketones is 1. The molecule has 1 N–H and O–H groups in total. The largest absolute Gasteiger partial charge is 0.455 e. The fourth-order valence-corrected chi connectivity index (χ4v) is 5.14. The van der Waals surface area contributed by atoms with Gasteiger partial charge in [-0.25, -0.2) is 14.4 Å². The Bertz CT molecular complexity index is 1720. The van der Waals surface area contributed by atoms with Gasteiger partial charge in [-0.1, -0.05) is 18.2 Å². The number of rotatable bonds is 7. The summed E-state index contributed by atoms with van der Waals surface area (Å²) in [5.74, 6) is 0.487. The van der Waals surface area contributed by atoms with Crippen molar-refractivity contribution < 1.29 is 18.4 Å². The smallest absolute Gasteiger partial charge is 0.255 e. The van der Waals surface area contributed by atoms with E-state index in [0.29, 0.717) is 39.8 Å². The van der Waals surface area contributed by atoms with Gasteiger partial charge < -0.3 is 9.73 Å². The molecular formula is C32H26FN3O3. The van der Waals surface area contributed by atoms with Crippen LogP contribution >= 0.6 is 0 Å². The second kappa shape index (κ2) is 9.58. The van der Waals surface area contributed by atoms with Crippen molar-refractivity contribution in [2.24, 2.45) is 0 Å². The summed E-state index contributed by atoms with van der Waals surface area (Å²) in [6.45, 7) is 1.99. The number of aromatic nitrogens is 2. The van der Waals surface area contributed by atoms with Crippen molar-refractivity contribution in [2.75, 3.05) is 7.05 Å². The minimum atomic E-state index is -0.368. The number of carbonyl (C=O) groups is 2. The summed E-state index contributed by atoms with van der Waals surface area (Å²) in [6.07, 6.45) is 5.60. The summed E-state index contributed by atoms with van der Waals surface area (Å²) < 4.78 is 19.6. The summed E-state index contributed by atoms with van der Waals surface area (Å²) in [7, 11) is 1.56. The van der Waals surface area contributed by atoms with E-state index in [0.717, 1.165) is 35.4 Å². The van der Waals surface area contributed by atoms with Gasteiger partial charge in [0.1, 0.15) is 23.0 Å². The van der Waals surface area contributed by atoms with Crippen molar-refractivity contribution in [1.82, 2.24) is 15.3 Å². The number of hydrogen-bond donors (Lipinski definition) is 1. The van der Waals surface area contributed by atoms with Gasteiger partial charge in [0.15, 0.2) is 5.78 Å². The molecule has 1 saturated carbocycles. The molecule has 1 aliphatic rings. The molecule has 6 nitrogen and oxygen atoms in total. The number of nitrogens with zero attached hydrogens (tertiary/aromatic N) is 2. The highest BCUT2D eigenvalue weighted by Crippen LogP contribution is 2.50. The van der Waals surface area contributed by atoms with E-state index in [1.54, 1.807) is 37.6 Å². The first-order valence-corrected chi connectivity index (χ1v) is 12.8. The van der Waals surface area contributed by atoms with Crippen LogP contribution in [0.25, 0.3) is 33.4 Å². The molecule has 194 valence electrons. The van der Waals surface area contributed by atoms with Gasteiger partial charge >= 0.3 is 0 Å². The Morgan fingerprint density at radius 3 is 2.38 bits per heavy atom. The van der Waals surface area contributed by atoms with Crippen LogP contribution in [-0.4, -0.2) is 28.7 Å². The molecule has 1 aliphatic carbocycles. The number of halogens is 1. The minimum absolute atomic E-state index is 0.0511. The van der Waals surface area contributed by atoms with E-state index in [4.69, 9.17) is 4.42 Å². The van der Waals surface area contributed by atoms with Crippen molar-refractivity contribution in [3.05, 3.63) is 107 Å². The lowest BCUT2D eigenvalue weighted by atomic mass is 9.91. The molecule has 0 saturated heterocycles. The SMILES string of the molecule is CNC(=O)c1c(-c2ccc(F)cc2)oc2ccc(-c3cc(C(=O)CC4(c5ncccn5)CC4)ccc3C)cc12. The zero-order chi connectivity index (χ0) is 27.1. The van der Waals surface area contributed by atoms with Gasteiger partial charge in [-0.2, -0.15) is 0 Å². The van der Waals surface area contributed by atoms with E-state index in [1.165, 1.54) is 12.1 Å². The summed E-state index contributed by atoms with van der Waals surface area (Å²) in [5, 5.41) is 3.33. The zero-order valence-electron chi connectivity index (χ0n) is 21.6. The van der Waals surface area contributed by atoms with Gasteiger partial charge in [-0.3, -0.25) is 9.59 Å². The van der Waals surface area contributed by atoms with Crippen molar-refractivity contribution in [2.45, 2.75) is 31.6 Å². The maximum absolute atomic E-state index is 13.5. The molecule has 3 aromatic carbocycles. The fraction of sp³-hybridized carbons (Fsp3) is 0.188. The van der Waals surface area contributed by atoms with Crippen LogP contribution in [0.4, 0.5) is 4.39 Å². The molecule has 0 atom stereocenters. The van der Waals surface area contributed by atoms with Crippen LogP contribution < -0.4 is 5.32 Å². The Labute approximate surface area is 224 Å². The molecule has 2 aromatic heterocycles. The normalized spacial score (nSPS) is 13.8. The van der Waals surface area contributed by atoms with Gasteiger partial charge in [0.2, 0.25) is 0 Å². The number of benzene rings is 3. The average Bonchev–Trinajstić information content (AvgIpc) is 3.65. The zero-order valence-corrected chi connectivity index (χ0v) is 21.6. The maximum atomic E-state index is 13.5. The van der Waals surface area contributed by atoms with Gasteiger partial charge in [0.05, 0.1) is 5.56 Å². The lowest BCUT2D eigenvalue weighted by Crippen LogP contribution is -2.18. The molecule has 39 heavy (non-hydrogen) atoms. The van der Waals surface area contributed by atoms with Crippen LogP contribution in [0.1, 0.15) is 51.4 Å². The monoisotopic (exact) mass is 519 g/mol. The van der Waals surface area contributed by atoms with Crippen LogP contribution in [0.3, 0.4) is 0 Å². The third kappa shape index (κ3) is 4.50. The van der Waals surface area contributed by atoms with Crippen LogP contribution in [-0.2, 0) is 5.41 Å². The number of amides is 1. The van der Waals surface area contributed by atoms with Crippen LogP contribution in [0, 0.1) is 12.7 Å². The Balaban J connectivity index is 1.39. The van der Waals surface area contributed by atoms with E-state index in [-0.39, 0.29) is 22.9 Å². The summed E-state index contributed by atoms with van der Waals surface area (Å²) in [6, 6.07) is 19.0. The van der Waals surface area contributed by atoms with Gasteiger partial charge in [-0.05, 0) is 85.0 Å². The lowest BCUT2D eigenvalue weighted by Gasteiger charge is -2.14. The molecule has 1 fully saturated rings. The first-order valence-electron chi connectivity index (χ1n) is 12.8. The first kappa shape index (κ1) is 24.7. The van der Waals surface area contributed by atoms with Crippen molar-refractivity contribution in [3.63, 3.8) is 0 Å². The minimum Gasteiger partial charge on any atom is -0.455 e. The Morgan fingerprint density at radius 1 is 0.974 bits per heavy atom. The average molecular weight is 520 g/mol. The highest BCUT2D eigenvalue weighted by atomic mass is 19.1. The number of furan rings is 1. The van der Waals surface area contributed by atoms with Crippen molar-refractivity contribution >= 4 is 22.7 Å². The highest BCUT2D eigenvalue weighted by molar-refractivity contribution is 6.12. The Morgan fingerprint density at radius 2 is 1.69 bits per heavy atom. The molecule has 2 heterocycles. The molecule has 6 rings (SSSR count). The first-order chi connectivity index (χ1) is 18.9. The van der Waals surface area contributed by atoms with E-state index >= 15 is 0 Å². The number of aryl methyl sites for hydroxylation is 1. The van der Waals surface area contributed by atoms with E-state index in [2.05, 4.69) is 15.3 Å². The molecule has 7 heteroatoms. The molecule has 0 radical (unpaired) electrons. The third-order valence-corrected chi connectivity index (χ3v) is 7.51. The molecule has 0 bridgehead atoms. The predicted octanol–water partition coefficient (Wildman–Crippen LogP) is 6.67. The molecule has 1 amide bonds. The van der Waals surface area contributed by atoms with E-state index < -0.39 is 0 Å². The number of nitrogens with one attached hydrogen (secondary N) is 1. The van der Waals surface area contributed by atoms with Crippen LogP contribution in [0.2, 0.25) is 0 Å². The van der Waals surface area contributed by atoms with Gasteiger partial charge in [0, 0.05) is 47.8 Å². The van der Waals surface area contributed by atoms with Crippen LogP contribution in [0.15, 0.2) is 83.5 Å². The predicted molar refractivity (Wildman–Crippen MR) is 147 cm³/mol. The lowest BCUT2D eigenvalue weighted by molar-refractivity contribution is 0.0958. The maximum Gasteiger partial charge on any atom is 0.255 e. The molecule has 0 spiro atoms. The molecule has 5 aromatic rings. The highest BCUT2D eigenvalue weighted by Gasteiger charge is 2.48. The van der Waals surface area contributed by atoms with E-state index in [9.17, 15) is 14.0 Å². The number of fused-ring (bicyclic) bond motifs is 1. The van der Waals surface area contributed by atoms with Crippen LogP contribution in [0.5, 0.6) is 0 Å². The summed E-state index contributed by atoms with van der Waals surface area (Å²) >= 11 is 0. The van der Waals surface area contributed by atoms with Crippen molar-refractivity contribution in [1.29, 1.82) is 0 Å². The quantitative estimate of drug-likeness (QED) is 0.243. The summed E-state index contributed by atoms with van der Waals surface area (Å²) in [4.78, 5) is 35.2. The Hall–Kier alpha value is -4.65. The number of carbonyl (C=O) groups excluding carboxylic acids is 2. The third-order valence-electron chi connectivity index (χ3n) is 7.51. The van der Waals surface area contributed by atoms with Gasteiger partial charge in [0.25, 0.3) is 5.91 Å².